The Hall–Kier alpha value is -3.36. The molecular weight excluding hydrogens is 448 g/mol. The first-order valence-electron chi connectivity index (χ1n) is 10.2. The summed E-state index contributed by atoms with van der Waals surface area (Å²) in [5, 5.41) is 3.80. The maximum absolute atomic E-state index is 13.3. The number of rotatable bonds is 9. The Balaban J connectivity index is 1.89. The lowest BCUT2D eigenvalue weighted by Crippen LogP contribution is -2.31. The third-order valence-electron chi connectivity index (χ3n) is 5.15. The molecule has 1 amide bonds. The van der Waals surface area contributed by atoms with Gasteiger partial charge in [-0.25, -0.2) is 0 Å². The fourth-order valence-corrected chi connectivity index (χ4v) is 3.61. The number of hydrogen-bond donors (Lipinski definition) is 1. The quantitative estimate of drug-likeness (QED) is 0.379. The highest BCUT2D eigenvalue weighted by molar-refractivity contribution is 6.30. The fourth-order valence-electron chi connectivity index (χ4n) is 3.48. The van der Waals surface area contributed by atoms with Crippen molar-refractivity contribution < 1.29 is 28.6 Å². The molecule has 0 aliphatic heterocycles. The van der Waals surface area contributed by atoms with Gasteiger partial charge in [-0.2, -0.15) is 0 Å². The van der Waals surface area contributed by atoms with Gasteiger partial charge in [0.15, 0.2) is 6.61 Å². The first-order chi connectivity index (χ1) is 15.8. The summed E-state index contributed by atoms with van der Waals surface area (Å²) in [6.07, 6.45) is -0.109. The largest absolute Gasteiger partial charge is 0.497 e. The van der Waals surface area contributed by atoms with Gasteiger partial charge in [0.1, 0.15) is 5.75 Å². The monoisotopic (exact) mass is 472 g/mol. The lowest BCUT2D eigenvalue weighted by molar-refractivity contribution is -0.147. The van der Waals surface area contributed by atoms with Gasteiger partial charge in [0.2, 0.25) is 0 Å². The number of methoxy groups -OCH3 is 2. The molecule has 1 N–H and O–H groups in total. The van der Waals surface area contributed by atoms with Crippen LogP contribution < -0.4 is 10.1 Å². The van der Waals surface area contributed by atoms with Crippen LogP contribution in [0.1, 0.15) is 21.6 Å². The minimum atomic E-state index is -0.583. The first-order valence-corrected chi connectivity index (χ1v) is 10.6. The van der Waals surface area contributed by atoms with E-state index in [4.69, 9.17) is 25.8 Å². The predicted molar refractivity (Wildman–Crippen MR) is 124 cm³/mol. The number of carbonyl (C=O) groups is 3. The number of halogens is 1. The molecule has 3 aromatic rings. The lowest BCUT2D eigenvalue weighted by Gasteiger charge is -2.08. The minimum absolute atomic E-state index is 0.109. The van der Waals surface area contributed by atoms with Crippen molar-refractivity contribution in [2.24, 2.45) is 0 Å². The topological polar surface area (TPSA) is 95.9 Å². The van der Waals surface area contributed by atoms with Crippen LogP contribution in [0.2, 0.25) is 5.02 Å². The molecule has 0 bridgehead atoms. The standard InChI is InChI=1S/C24H25ClN2O6/c1-15-19(13-23(29)33-14-22(28)26-10-11-31-2)20-12-18(32-3)8-9-21(20)27(15)24(30)16-4-6-17(25)7-5-16/h4-9,12H,10-11,13-14H2,1-3H3,(H,26,28). The summed E-state index contributed by atoms with van der Waals surface area (Å²) in [6, 6.07) is 11.9. The molecule has 0 saturated carbocycles. The predicted octanol–water partition coefficient (Wildman–Crippen LogP) is 3.15. The van der Waals surface area contributed by atoms with Crippen molar-refractivity contribution in [3.05, 3.63) is 64.3 Å². The second-order valence-electron chi connectivity index (χ2n) is 7.27. The molecule has 0 aliphatic rings. The zero-order chi connectivity index (χ0) is 24.0. The SMILES string of the molecule is COCCNC(=O)COC(=O)Cc1c(C)n(C(=O)c2ccc(Cl)cc2)c2ccc(OC)cc12. The van der Waals surface area contributed by atoms with Gasteiger partial charge in [-0.3, -0.25) is 19.0 Å². The molecule has 3 rings (SSSR count). The van der Waals surface area contributed by atoms with Crippen molar-refractivity contribution in [2.75, 3.05) is 34.0 Å². The number of aromatic nitrogens is 1. The average molecular weight is 473 g/mol. The van der Waals surface area contributed by atoms with Crippen molar-refractivity contribution in [2.45, 2.75) is 13.3 Å². The normalized spacial score (nSPS) is 10.8. The molecule has 1 aromatic heterocycles. The molecular formula is C24H25ClN2O6. The van der Waals surface area contributed by atoms with Gasteiger partial charge in [-0.1, -0.05) is 11.6 Å². The molecule has 0 unspecified atom stereocenters. The van der Waals surface area contributed by atoms with Crippen molar-refractivity contribution in [3.63, 3.8) is 0 Å². The van der Waals surface area contributed by atoms with E-state index in [2.05, 4.69) is 5.32 Å². The molecule has 174 valence electrons. The molecule has 0 saturated heterocycles. The van der Waals surface area contributed by atoms with Crippen LogP contribution in [0, 0.1) is 6.92 Å². The maximum atomic E-state index is 13.3. The molecule has 0 radical (unpaired) electrons. The van der Waals surface area contributed by atoms with E-state index in [0.717, 1.165) is 0 Å². The summed E-state index contributed by atoms with van der Waals surface area (Å²) < 4.78 is 16.9. The molecule has 9 heteroatoms. The third-order valence-corrected chi connectivity index (χ3v) is 5.40. The second-order valence-corrected chi connectivity index (χ2v) is 7.71. The Labute approximate surface area is 196 Å². The second kappa shape index (κ2) is 11.0. The first kappa shape index (κ1) is 24.3. The van der Waals surface area contributed by atoms with Gasteiger partial charge in [-0.15, -0.1) is 0 Å². The Morgan fingerprint density at radius 3 is 2.45 bits per heavy atom. The van der Waals surface area contributed by atoms with Crippen molar-refractivity contribution in [1.29, 1.82) is 0 Å². The molecule has 8 nitrogen and oxygen atoms in total. The van der Waals surface area contributed by atoms with Gasteiger partial charge < -0.3 is 19.5 Å². The molecule has 1 heterocycles. The minimum Gasteiger partial charge on any atom is -0.497 e. The van der Waals surface area contributed by atoms with Gasteiger partial charge in [-0.05, 0) is 55.0 Å². The van der Waals surface area contributed by atoms with Crippen molar-refractivity contribution in [1.82, 2.24) is 9.88 Å². The number of fused-ring (bicyclic) bond motifs is 1. The van der Waals surface area contributed by atoms with Gasteiger partial charge in [0, 0.05) is 35.3 Å². The smallest absolute Gasteiger partial charge is 0.310 e. The highest BCUT2D eigenvalue weighted by atomic mass is 35.5. The summed E-state index contributed by atoms with van der Waals surface area (Å²) in [4.78, 5) is 37.6. The van der Waals surface area contributed by atoms with E-state index < -0.39 is 18.5 Å². The Morgan fingerprint density at radius 1 is 1.06 bits per heavy atom. The summed E-state index contributed by atoms with van der Waals surface area (Å²) in [5.41, 5.74) is 2.31. The molecule has 0 atom stereocenters. The number of nitrogens with zero attached hydrogens (tertiary/aromatic N) is 1. The van der Waals surface area contributed by atoms with E-state index in [1.165, 1.54) is 7.11 Å². The van der Waals surface area contributed by atoms with E-state index in [0.29, 0.717) is 51.6 Å². The zero-order valence-electron chi connectivity index (χ0n) is 18.6. The Kier molecular flexibility index (Phi) is 8.08. The highest BCUT2D eigenvalue weighted by Gasteiger charge is 2.22. The van der Waals surface area contributed by atoms with E-state index in [1.54, 1.807) is 61.1 Å². The fraction of sp³-hybridized carbons (Fsp3) is 0.292. The van der Waals surface area contributed by atoms with Gasteiger partial charge in [0.05, 0.1) is 25.7 Å². The highest BCUT2D eigenvalue weighted by Crippen LogP contribution is 2.31. The maximum Gasteiger partial charge on any atom is 0.310 e. The summed E-state index contributed by atoms with van der Waals surface area (Å²) in [7, 11) is 3.07. The van der Waals surface area contributed by atoms with Gasteiger partial charge in [0.25, 0.3) is 11.8 Å². The zero-order valence-corrected chi connectivity index (χ0v) is 19.4. The summed E-state index contributed by atoms with van der Waals surface area (Å²) in [6.45, 7) is 2.06. The van der Waals surface area contributed by atoms with Crippen LogP contribution in [0.25, 0.3) is 10.9 Å². The molecule has 0 fully saturated rings. The Morgan fingerprint density at radius 2 is 1.79 bits per heavy atom. The lowest BCUT2D eigenvalue weighted by atomic mass is 10.1. The number of esters is 1. The number of amides is 1. The Bertz CT molecular complexity index is 1170. The van der Waals surface area contributed by atoms with Crippen LogP contribution in [0.4, 0.5) is 0 Å². The molecule has 33 heavy (non-hydrogen) atoms. The molecule has 2 aromatic carbocycles. The van der Waals surface area contributed by atoms with Crippen LogP contribution >= 0.6 is 11.6 Å². The van der Waals surface area contributed by atoms with Crippen LogP contribution in [0.3, 0.4) is 0 Å². The van der Waals surface area contributed by atoms with E-state index >= 15 is 0 Å². The average Bonchev–Trinajstić information content (AvgIpc) is 3.08. The van der Waals surface area contributed by atoms with Crippen LogP contribution in [0.15, 0.2) is 42.5 Å². The van der Waals surface area contributed by atoms with E-state index in [-0.39, 0.29) is 12.3 Å². The van der Waals surface area contributed by atoms with Crippen molar-refractivity contribution >= 4 is 40.3 Å². The number of carbonyl (C=O) groups excluding carboxylic acids is 3. The third kappa shape index (κ3) is 5.71. The van der Waals surface area contributed by atoms with Crippen LogP contribution in [-0.4, -0.2) is 56.3 Å². The molecule has 0 aliphatic carbocycles. The molecule has 0 spiro atoms. The number of ether oxygens (including phenoxy) is 3. The number of nitrogens with one attached hydrogen (secondary N) is 1. The number of benzene rings is 2. The summed E-state index contributed by atoms with van der Waals surface area (Å²) in [5.74, 6) is -0.665. The van der Waals surface area contributed by atoms with Crippen LogP contribution in [-0.2, 0) is 25.5 Å². The van der Waals surface area contributed by atoms with E-state index in [1.807, 2.05) is 0 Å². The van der Waals surface area contributed by atoms with Crippen LogP contribution in [0.5, 0.6) is 5.75 Å². The van der Waals surface area contributed by atoms with Crippen molar-refractivity contribution in [3.8, 4) is 5.75 Å². The summed E-state index contributed by atoms with van der Waals surface area (Å²) >= 11 is 5.95. The van der Waals surface area contributed by atoms with E-state index in [9.17, 15) is 14.4 Å². The van der Waals surface area contributed by atoms with Gasteiger partial charge >= 0.3 is 5.97 Å². The number of hydrogen-bond acceptors (Lipinski definition) is 6.